The van der Waals surface area contributed by atoms with E-state index in [2.05, 4.69) is 4.98 Å². The van der Waals surface area contributed by atoms with Gasteiger partial charge in [-0.3, -0.25) is 9.36 Å². The van der Waals surface area contributed by atoms with Crippen molar-refractivity contribution in [1.29, 1.82) is 0 Å². The van der Waals surface area contributed by atoms with Gasteiger partial charge >= 0.3 is 0 Å². The molecule has 0 fully saturated rings. The van der Waals surface area contributed by atoms with Gasteiger partial charge in [0.15, 0.2) is 0 Å². The molecule has 0 saturated heterocycles. The maximum Gasteiger partial charge on any atom is 0.261 e. The molecule has 114 valence electrons. The van der Waals surface area contributed by atoms with Crippen LogP contribution in [0.25, 0.3) is 22.6 Å². The number of rotatable bonds is 1. The average Bonchev–Trinajstić information content (AvgIpc) is 2.90. The number of nitrogens with zero attached hydrogens (tertiary/aromatic N) is 2. The van der Waals surface area contributed by atoms with Gasteiger partial charge in [-0.15, -0.1) is 0 Å². The van der Waals surface area contributed by atoms with E-state index in [4.69, 9.17) is 23.2 Å². The normalized spacial score (nSPS) is 15.3. The Hall–Kier alpha value is -2.10. The first kappa shape index (κ1) is 14.5. The summed E-state index contributed by atoms with van der Waals surface area (Å²) >= 11 is 12.1. The van der Waals surface area contributed by atoms with Crippen molar-refractivity contribution in [2.24, 2.45) is 0 Å². The molecule has 0 amide bonds. The van der Waals surface area contributed by atoms with Crippen LogP contribution < -0.4 is 5.56 Å². The maximum absolute atomic E-state index is 12.6. The number of benzene rings is 2. The fourth-order valence-electron chi connectivity index (χ4n) is 2.93. The monoisotopic (exact) mass is 342 g/mol. The largest absolute Gasteiger partial charge is 0.292 e. The molecule has 1 aromatic heterocycles. The third-order valence-corrected chi connectivity index (χ3v) is 4.47. The summed E-state index contributed by atoms with van der Waals surface area (Å²) in [5, 5.41) is 1.86. The van der Waals surface area contributed by atoms with Crippen molar-refractivity contribution in [1.82, 2.24) is 9.55 Å². The topological polar surface area (TPSA) is 34.9 Å². The summed E-state index contributed by atoms with van der Waals surface area (Å²) in [5.74, 6) is 0.713. The number of hydrogen-bond donors (Lipinski definition) is 0. The van der Waals surface area contributed by atoms with Crippen molar-refractivity contribution < 1.29 is 0 Å². The van der Waals surface area contributed by atoms with Gasteiger partial charge in [-0.1, -0.05) is 35.3 Å². The van der Waals surface area contributed by atoms with E-state index in [1.165, 1.54) is 0 Å². The Balaban J connectivity index is 1.91. The smallest absolute Gasteiger partial charge is 0.261 e. The first-order chi connectivity index (χ1) is 11.1. The third-order valence-electron chi connectivity index (χ3n) is 4.00. The molecule has 23 heavy (non-hydrogen) atoms. The van der Waals surface area contributed by atoms with Crippen molar-refractivity contribution in [3.63, 3.8) is 0 Å². The molecule has 0 bridgehead atoms. The van der Waals surface area contributed by atoms with Crippen LogP contribution in [0.5, 0.6) is 0 Å². The lowest BCUT2D eigenvalue weighted by atomic mass is 10.1. The van der Waals surface area contributed by atoms with Gasteiger partial charge in [0.25, 0.3) is 5.56 Å². The summed E-state index contributed by atoms with van der Waals surface area (Å²) in [6.45, 7) is 0.645. The molecule has 0 spiro atoms. The van der Waals surface area contributed by atoms with Gasteiger partial charge in [0.1, 0.15) is 5.82 Å². The molecule has 3 aromatic rings. The molecular formula is C18H12Cl2N2O. The van der Waals surface area contributed by atoms with Crippen LogP contribution in [0.2, 0.25) is 10.0 Å². The number of aromatic nitrogens is 2. The average molecular weight is 343 g/mol. The summed E-state index contributed by atoms with van der Waals surface area (Å²) < 4.78 is 1.73. The molecule has 0 saturated carbocycles. The predicted molar refractivity (Wildman–Crippen MR) is 95.0 cm³/mol. The van der Waals surface area contributed by atoms with Crippen molar-refractivity contribution in [3.05, 3.63) is 74.3 Å². The summed E-state index contributed by atoms with van der Waals surface area (Å²) in [6.07, 6.45) is 2.81. The van der Waals surface area contributed by atoms with E-state index in [-0.39, 0.29) is 5.56 Å². The van der Waals surface area contributed by atoms with Crippen LogP contribution >= 0.6 is 23.2 Å². The van der Waals surface area contributed by atoms with Crippen LogP contribution in [0.1, 0.15) is 17.8 Å². The zero-order valence-corrected chi connectivity index (χ0v) is 13.6. The van der Waals surface area contributed by atoms with Crippen LogP contribution in [0.3, 0.4) is 0 Å². The zero-order chi connectivity index (χ0) is 16.0. The van der Waals surface area contributed by atoms with Gasteiger partial charge in [0.2, 0.25) is 0 Å². The Labute approximate surface area is 142 Å². The van der Waals surface area contributed by atoms with E-state index in [0.29, 0.717) is 33.3 Å². The fraction of sp³-hybridized carbons (Fsp3) is 0.111. The second-order valence-electron chi connectivity index (χ2n) is 5.53. The SMILES string of the molecule is O=c1c2ccc(Cl)cc2nc2n1CCC2=Cc1cccc(Cl)c1. The highest BCUT2D eigenvalue weighted by Gasteiger charge is 2.20. The number of allylic oxidation sites excluding steroid dienone is 1. The second-order valence-corrected chi connectivity index (χ2v) is 6.40. The van der Waals surface area contributed by atoms with Gasteiger partial charge in [-0.2, -0.15) is 0 Å². The molecule has 2 heterocycles. The van der Waals surface area contributed by atoms with E-state index >= 15 is 0 Å². The van der Waals surface area contributed by atoms with Crippen LogP contribution in [-0.4, -0.2) is 9.55 Å². The number of fused-ring (bicyclic) bond motifs is 2. The van der Waals surface area contributed by atoms with Crippen LogP contribution in [0, 0.1) is 0 Å². The van der Waals surface area contributed by atoms with Gasteiger partial charge < -0.3 is 0 Å². The zero-order valence-electron chi connectivity index (χ0n) is 12.1. The maximum atomic E-state index is 12.6. The molecule has 0 unspecified atom stereocenters. The minimum atomic E-state index is -0.0174. The van der Waals surface area contributed by atoms with Crippen LogP contribution in [-0.2, 0) is 6.54 Å². The lowest BCUT2D eigenvalue weighted by Crippen LogP contribution is -2.20. The molecule has 0 atom stereocenters. The van der Waals surface area contributed by atoms with Crippen molar-refractivity contribution in [3.8, 4) is 0 Å². The van der Waals surface area contributed by atoms with E-state index in [1.807, 2.05) is 30.3 Å². The third kappa shape index (κ3) is 2.56. The standard InChI is InChI=1S/C18H12Cl2N2O/c19-13-3-1-2-11(9-13)8-12-6-7-22-17(12)21-16-10-14(20)4-5-15(16)18(22)23/h1-5,8-10H,6-7H2. The Morgan fingerprint density at radius 2 is 1.91 bits per heavy atom. The van der Waals surface area contributed by atoms with Crippen LogP contribution in [0.4, 0.5) is 0 Å². The summed E-state index contributed by atoms with van der Waals surface area (Å²) in [7, 11) is 0. The Morgan fingerprint density at radius 3 is 2.74 bits per heavy atom. The molecule has 0 radical (unpaired) electrons. The Kier molecular flexibility index (Phi) is 3.47. The molecule has 1 aliphatic heterocycles. The highest BCUT2D eigenvalue weighted by atomic mass is 35.5. The molecular weight excluding hydrogens is 331 g/mol. The second kappa shape index (κ2) is 5.52. The van der Waals surface area contributed by atoms with E-state index in [1.54, 1.807) is 22.8 Å². The van der Waals surface area contributed by atoms with Gasteiger partial charge in [0, 0.05) is 16.6 Å². The first-order valence-corrected chi connectivity index (χ1v) is 8.04. The van der Waals surface area contributed by atoms with Crippen molar-refractivity contribution in [2.45, 2.75) is 13.0 Å². The molecule has 0 N–H and O–H groups in total. The number of hydrogen-bond acceptors (Lipinski definition) is 2. The molecule has 0 aliphatic carbocycles. The van der Waals surface area contributed by atoms with E-state index in [9.17, 15) is 4.79 Å². The Morgan fingerprint density at radius 1 is 1.09 bits per heavy atom. The minimum absolute atomic E-state index is 0.0174. The van der Waals surface area contributed by atoms with Crippen LogP contribution in [0.15, 0.2) is 47.3 Å². The van der Waals surface area contributed by atoms with Gasteiger partial charge in [-0.25, -0.2) is 4.98 Å². The molecule has 5 heteroatoms. The molecule has 3 nitrogen and oxygen atoms in total. The lowest BCUT2D eigenvalue weighted by Gasteiger charge is -2.06. The fourth-order valence-corrected chi connectivity index (χ4v) is 3.29. The lowest BCUT2D eigenvalue weighted by molar-refractivity contribution is 0.725. The van der Waals surface area contributed by atoms with E-state index < -0.39 is 0 Å². The van der Waals surface area contributed by atoms with Crippen molar-refractivity contribution >= 4 is 45.8 Å². The highest BCUT2D eigenvalue weighted by molar-refractivity contribution is 6.31. The summed E-state index contributed by atoms with van der Waals surface area (Å²) in [5.41, 5.74) is 2.65. The van der Waals surface area contributed by atoms with E-state index in [0.717, 1.165) is 17.6 Å². The van der Waals surface area contributed by atoms with Crippen molar-refractivity contribution in [2.75, 3.05) is 0 Å². The number of halogens is 2. The predicted octanol–water partition coefficient (Wildman–Crippen LogP) is 4.65. The highest BCUT2D eigenvalue weighted by Crippen LogP contribution is 2.28. The minimum Gasteiger partial charge on any atom is -0.292 e. The molecule has 2 aromatic carbocycles. The quantitative estimate of drug-likeness (QED) is 0.645. The first-order valence-electron chi connectivity index (χ1n) is 7.28. The summed E-state index contributed by atoms with van der Waals surface area (Å²) in [4.78, 5) is 17.3. The Bertz CT molecular complexity index is 1020. The molecule has 4 rings (SSSR count). The molecule has 1 aliphatic rings. The van der Waals surface area contributed by atoms with Gasteiger partial charge in [-0.05, 0) is 54.0 Å². The summed E-state index contributed by atoms with van der Waals surface area (Å²) in [6, 6.07) is 12.8. The van der Waals surface area contributed by atoms with Gasteiger partial charge in [0.05, 0.1) is 10.9 Å².